The number of amides is 1. The average molecular weight is 426 g/mol. The van der Waals surface area contributed by atoms with Crippen LogP contribution in [0.1, 0.15) is 43.4 Å². The highest BCUT2D eigenvalue weighted by Crippen LogP contribution is 2.44. The molecule has 5 N–H and O–H groups in total. The molecule has 0 spiro atoms. The summed E-state index contributed by atoms with van der Waals surface area (Å²) in [5.41, 5.74) is 15.2. The zero-order valence-corrected chi connectivity index (χ0v) is 18.8. The number of methoxy groups -OCH3 is 1. The lowest BCUT2D eigenvalue weighted by Crippen LogP contribution is -2.60. The number of fused-ring (bicyclic) bond motifs is 1. The van der Waals surface area contributed by atoms with Gasteiger partial charge in [-0.15, -0.1) is 0 Å². The van der Waals surface area contributed by atoms with Crippen molar-refractivity contribution < 1.29 is 14.3 Å². The molecule has 0 unspecified atom stereocenters. The van der Waals surface area contributed by atoms with E-state index in [1.54, 1.807) is 13.2 Å². The molecule has 0 bridgehead atoms. The summed E-state index contributed by atoms with van der Waals surface area (Å²) in [6.45, 7) is 5.09. The summed E-state index contributed by atoms with van der Waals surface area (Å²) >= 11 is 0. The minimum Gasteiger partial charge on any atom is -0.410 e. The fourth-order valence-electron chi connectivity index (χ4n) is 5.12. The van der Waals surface area contributed by atoms with Crippen LogP contribution >= 0.6 is 0 Å². The van der Waals surface area contributed by atoms with E-state index in [0.717, 1.165) is 25.7 Å². The van der Waals surface area contributed by atoms with Gasteiger partial charge in [-0.3, -0.25) is 0 Å². The Hall–Kier alpha value is -2.41. The molecule has 1 amide bonds. The van der Waals surface area contributed by atoms with E-state index in [-0.39, 0.29) is 23.6 Å². The Morgan fingerprint density at radius 1 is 1.19 bits per heavy atom. The third-order valence-electron chi connectivity index (χ3n) is 6.73. The van der Waals surface area contributed by atoms with Gasteiger partial charge in [-0.05, 0) is 48.1 Å². The van der Waals surface area contributed by atoms with Crippen molar-refractivity contribution in [2.45, 2.75) is 63.1 Å². The lowest BCUT2D eigenvalue weighted by atomic mass is 9.62. The maximum atomic E-state index is 11.3. The largest absolute Gasteiger partial charge is 0.410 e. The van der Waals surface area contributed by atoms with Crippen molar-refractivity contribution in [3.63, 3.8) is 0 Å². The molecular weight excluding hydrogens is 390 g/mol. The van der Waals surface area contributed by atoms with Crippen LogP contribution in [0.3, 0.4) is 0 Å². The highest BCUT2D eigenvalue weighted by Gasteiger charge is 2.47. The standard InChI is InChI=1S/C25H35N3O3/c1-4-25(5-2)21-15-20(31-24(27)29)12-11-18(21)14-22(30-3)23(25)28-16-19(26)13-17-9-7-6-8-10-17/h6-12,15,19,22-23,28H,4-5,13-14,16,26H2,1-3H3,(H2,27,29)/t19-,22-,23+/m0/s1. The minimum atomic E-state index is -0.800. The number of carbonyl (C=O) groups excluding carboxylic acids is 1. The van der Waals surface area contributed by atoms with Crippen LogP contribution in [0.5, 0.6) is 5.75 Å². The Morgan fingerprint density at radius 2 is 1.90 bits per heavy atom. The average Bonchev–Trinajstić information content (AvgIpc) is 2.77. The number of ether oxygens (including phenoxy) is 2. The van der Waals surface area contributed by atoms with Gasteiger partial charge >= 0.3 is 6.09 Å². The molecule has 1 aliphatic rings. The van der Waals surface area contributed by atoms with Gasteiger partial charge in [0, 0.05) is 37.6 Å². The van der Waals surface area contributed by atoms with Gasteiger partial charge in [0.1, 0.15) is 5.75 Å². The molecule has 1 aliphatic carbocycles. The number of hydrogen-bond donors (Lipinski definition) is 3. The second-order valence-corrected chi connectivity index (χ2v) is 8.42. The number of benzene rings is 2. The normalized spacial score (nSPS) is 20.6. The van der Waals surface area contributed by atoms with Gasteiger partial charge in [0.05, 0.1) is 6.10 Å². The van der Waals surface area contributed by atoms with E-state index in [1.807, 2.05) is 30.3 Å². The van der Waals surface area contributed by atoms with Crippen molar-refractivity contribution in [3.8, 4) is 5.75 Å². The summed E-state index contributed by atoms with van der Waals surface area (Å²) in [5.74, 6) is 0.480. The van der Waals surface area contributed by atoms with Crippen LogP contribution < -0.4 is 21.5 Å². The van der Waals surface area contributed by atoms with Crippen LogP contribution in [0.2, 0.25) is 0 Å². The number of nitrogens with two attached hydrogens (primary N) is 2. The van der Waals surface area contributed by atoms with E-state index in [1.165, 1.54) is 16.7 Å². The summed E-state index contributed by atoms with van der Waals surface area (Å²) in [6, 6.07) is 16.2. The molecule has 3 atom stereocenters. The molecule has 0 heterocycles. The number of hydrogen-bond acceptors (Lipinski definition) is 5. The monoisotopic (exact) mass is 425 g/mol. The molecule has 6 nitrogen and oxygen atoms in total. The number of carbonyl (C=O) groups is 1. The van der Waals surface area contributed by atoms with Crippen LogP contribution in [-0.4, -0.2) is 37.9 Å². The first kappa shape index (κ1) is 23.3. The fourth-order valence-corrected chi connectivity index (χ4v) is 5.12. The fraction of sp³-hybridized carbons (Fsp3) is 0.480. The van der Waals surface area contributed by atoms with Crippen LogP contribution in [0, 0.1) is 0 Å². The van der Waals surface area contributed by atoms with Crippen molar-refractivity contribution in [2.24, 2.45) is 11.5 Å². The van der Waals surface area contributed by atoms with Crippen LogP contribution in [0.15, 0.2) is 48.5 Å². The Morgan fingerprint density at radius 3 is 2.52 bits per heavy atom. The second kappa shape index (κ2) is 10.3. The summed E-state index contributed by atoms with van der Waals surface area (Å²) in [7, 11) is 1.77. The topological polar surface area (TPSA) is 99.6 Å². The van der Waals surface area contributed by atoms with E-state index >= 15 is 0 Å². The van der Waals surface area contributed by atoms with E-state index in [0.29, 0.717) is 12.3 Å². The molecule has 0 aliphatic heterocycles. The molecular formula is C25H35N3O3. The second-order valence-electron chi connectivity index (χ2n) is 8.42. The number of rotatable bonds is 9. The first-order chi connectivity index (χ1) is 14.9. The van der Waals surface area contributed by atoms with Crippen molar-refractivity contribution in [1.29, 1.82) is 0 Å². The molecule has 0 aromatic heterocycles. The zero-order valence-electron chi connectivity index (χ0n) is 18.8. The SMILES string of the molecule is CCC1(CC)c2cc(OC(N)=O)ccc2C[C@H](OC)[C@H]1NC[C@@H](N)Cc1ccccc1. The summed E-state index contributed by atoms with van der Waals surface area (Å²) < 4.78 is 11.1. The van der Waals surface area contributed by atoms with E-state index in [2.05, 4.69) is 31.3 Å². The quantitative estimate of drug-likeness (QED) is 0.572. The van der Waals surface area contributed by atoms with Crippen molar-refractivity contribution in [2.75, 3.05) is 13.7 Å². The predicted octanol–water partition coefficient (Wildman–Crippen LogP) is 3.30. The van der Waals surface area contributed by atoms with Crippen molar-refractivity contribution in [1.82, 2.24) is 5.32 Å². The predicted molar refractivity (Wildman–Crippen MR) is 123 cm³/mol. The van der Waals surface area contributed by atoms with E-state index in [9.17, 15) is 4.79 Å². The van der Waals surface area contributed by atoms with E-state index < -0.39 is 6.09 Å². The Balaban J connectivity index is 1.86. The molecule has 0 fully saturated rings. The first-order valence-corrected chi connectivity index (χ1v) is 11.1. The molecule has 6 heteroatoms. The van der Waals surface area contributed by atoms with Crippen molar-refractivity contribution >= 4 is 6.09 Å². The lowest BCUT2D eigenvalue weighted by molar-refractivity contribution is 0.0239. The molecule has 168 valence electrons. The summed E-state index contributed by atoms with van der Waals surface area (Å²) in [4.78, 5) is 11.3. The molecule has 2 aromatic rings. The minimum absolute atomic E-state index is 0.00255. The van der Waals surface area contributed by atoms with Gasteiger partial charge in [-0.25, -0.2) is 4.79 Å². The van der Waals surface area contributed by atoms with Crippen LogP contribution in [0.25, 0.3) is 0 Å². The smallest absolute Gasteiger partial charge is 0.409 e. The molecule has 2 aromatic carbocycles. The molecule has 31 heavy (non-hydrogen) atoms. The molecule has 0 radical (unpaired) electrons. The molecule has 3 rings (SSSR count). The van der Waals surface area contributed by atoms with Crippen LogP contribution in [-0.2, 0) is 23.0 Å². The maximum Gasteiger partial charge on any atom is 0.409 e. The third kappa shape index (κ3) is 5.09. The highest BCUT2D eigenvalue weighted by molar-refractivity contribution is 5.68. The Kier molecular flexibility index (Phi) is 7.70. The maximum absolute atomic E-state index is 11.3. The summed E-state index contributed by atoms with van der Waals surface area (Å²) in [6.07, 6.45) is 2.67. The van der Waals surface area contributed by atoms with Gasteiger partial charge in [-0.2, -0.15) is 0 Å². The van der Waals surface area contributed by atoms with Crippen molar-refractivity contribution in [3.05, 3.63) is 65.2 Å². The first-order valence-electron chi connectivity index (χ1n) is 11.1. The number of nitrogens with one attached hydrogen (secondary N) is 1. The third-order valence-corrected chi connectivity index (χ3v) is 6.73. The lowest BCUT2D eigenvalue weighted by Gasteiger charge is -2.49. The van der Waals surface area contributed by atoms with Gasteiger partial charge in [0.15, 0.2) is 0 Å². The number of primary amides is 1. The van der Waals surface area contributed by atoms with Crippen LogP contribution in [0.4, 0.5) is 4.79 Å². The zero-order chi connectivity index (χ0) is 22.4. The van der Waals surface area contributed by atoms with Gasteiger partial charge < -0.3 is 26.3 Å². The van der Waals surface area contributed by atoms with Gasteiger partial charge in [0.2, 0.25) is 0 Å². The van der Waals surface area contributed by atoms with Gasteiger partial charge in [-0.1, -0.05) is 50.2 Å². The Labute approximate surface area is 185 Å². The van der Waals surface area contributed by atoms with E-state index in [4.69, 9.17) is 20.9 Å². The Bertz CT molecular complexity index is 868. The summed E-state index contributed by atoms with van der Waals surface area (Å²) in [5, 5.41) is 3.75. The molecule has 0 saturated heterocycles. The molecule has 0 saturated carbocycles. The van der Waals surface area contributed by atoms with Gasteiger partial charge in [0.25, 0.3) is 0 Å². The highest BCUT2D eigenvalue weighted by atomic mass is 16.5.